The predicted octanol–water partition coefficient (Wildman–Crippen LogP) is 4.39. The minimum Gasteiger partial charge on any atom is -0.508 e. The number of likely N-dealkylation sites (N-methyl/N-ethyl adjacent to an activating group) is 1. The number of ether oxygens (including phenoxy) is 1. The van der Waals surface area contributed by atoms with Gasteiger partial charge in [0.2, 0.25) is 17.2 Å². The Morgan fingerprint density at radius 2 is 1.48 bits per heavy atom. The summed E-state index contributed by atoms with van der Waals surface area (Å²) in [5, 5.41) is 39.0. The van der Waals surface area contributed by atoms with Crippen LogP contribution in [0.2, 0.25) is 0 Å². The number of nitrogens with two attached hydrogens (primary N) is 2. The van der Waals surface area contributed by atoms with Crippen molar-refractivity contribution in [2.75, 3.05) is 39.2 Å². The van der Waals surface area contributed by atoms with E-state index in [2.05, 4.69) is 29.4 Å². The fourth-order valence-electron chi connectivity index (χ4n) is 9.87. The number of nitrogen functional groups attached to an aromatic ring is 1. The van der Waals surface area contributed by atoms with Crippen molar-refractivity contribution < 1.29 is 71.4 Å². The van der Waals surface area contributed by atoms with E-state index in [4.69, 9.17) is 38.8 Å². The van der Waals surface area contributed by atoms with E-state index in [1.165, 1.54) is 17.0 Å². The maximum absolute atomic E-state index is 13.8. The predicted molar refractivity (Wildman–Crippen MR) is 269 cm³/mol. The Kier molecular flexibility index (Phi) is 15.5. The van der Waals surface area contributed by atoms with E-state index in [1.807, 2.05) is 44.0 Å². The highest BCUT2D eigenvalue weighted by Crippen LogP contribution is 2.54. The number of anilines is 2. The minimum atomic E-state index is -2.14. The average molecular weight is 1050 g/mol. The van der Waals surface area contributed by atoms with Crippen molar-refractivity contribution in [2.45, 2.75) is 42.2 Å². The zero-order valence-corrected chi connectivity index (χ0v) is 43.0. The van der Waals surface area contributed by atoms with Gasteiger partial charge in [0.1, 0.15) is 45.5 Å². The molecular weight excluding hydrogens is 1000 g/mol. The summed E-state index contributed by atoms with van der Waals surface area (Å²) < 4.78 is 31.5. The maximum Gasteiger partial charge on any atom is 0.349 e. The summed E-state index contributed by atoms with van der Waals surface area (Å²) in [6, 6.07) is 16.3. The fourth-order valence-corrected chi connectivity index (χ4v) is 11.0. The average Bonchev–Trinajstić information content (AvgIpc) is 3.76. The quantitative estimate of drug-likeness (QED) is 0.0338. The number of aromatic hydroxyl groups is 1. The summed E-state index contributed by atoms with van der Waals surface area (Å²) in [5.74, 6) is -5.77. The molecule has 0 radical (unpaired) electrons. The van der Waals surface area contributed by atoms with E-state index in [9.17, 15) is 44.1 Å². The number of nitrogens with one attached hydrogen (secondary N) is 1. The van der Waals surface area contributed by atoms with E-state index in [1.54, 1.807) is 74.8 Å². The molecule has 3 aromatic carbocycles. The normalized spacial score (nSPS) is 25.0. The number of nitrogens with zero attached hydrogens (tertiary/aromatic N) is 3. The van der Waals surface area contributed by atoms with Gasteiger partial charge in [-0.1, -0.05) is 36.4 Å². The molecule has 2 heterocycles. The largest absolute Gasteiger partial charge is 0.508 e. The number of primary amides is 1. The van der Waals surface area contributed by atoms with Crippen LogP contribution in [0.15, 0.2) is 100 Å². The van der Waals surface area contributed by atoms with Crippen molar-refractivity contribution in [2.24, 2.45) is 17.6 Å². The number of amides is 1. The first-order valence-electron chi connectivity index (χ1n) is 21.4. The highest BCUT2D eigenvalue weighted by Gasteiger charge is 2.66. The van der Waals surface area contributed by atoms with Gasteiger partial charge in [-0.3, -0.25) is 33.8 Å². The number of carbonyl (C=O) groups is 6. The molecule has 4 aliphatic carbocycles. The van der Waals surface area contributed by atoms with Gasteiger partial charge in [0, 0.05) is 42.1 Å². The first kappa shape index (κ1) is 52.7. The SMILES string of the molecule is CN(C)[C@@H]1C(=O)C(C(N)=O)=C(O)[C@@]2(OP)C(=O)C3=C(O)c4c(O)cccc4N[C@H]3C[C@@H]12.CN(C)[C@@H]1c2onc(OP)c2C(=O)[C@@]2(OP)C(=O)C=CC[C@@H]12.Nc1cccc(OP)c1C(=O)Oc1ccccc1. The lowest BCUT2D eigenvalue weighted by atomic mass is 9.60. The molecule has 1 aliphatic heterocycles. The standard InChI is InChI=1S/C20H22N3O7P.C13H16N2O5P2.C13H12NO3P/c1-23(2)14-7-6-9-12(15(25)11-8(22-9)4-3-5-10(11)24)17(27)20(7,30-31)18(28)13(16(14)26)19(21)29;1-15(2)9-6-4-3-5-7(16)13(6,20-22)11(17)8-10(9)18-14-12(8)19-21;14-10-7-4-8-11(17-18)12(10)13(15)16-9-5-2-1-3-6-9/h3-5,7,9,14,22,24-25,28H,6,31H2,1-2H3,(H2,21,29);3,5-6,9H,4,21-22H2,1-2H3;1-8H,14,18H2/t7-,9-,14-,20-;6-,9-,13-;/m00./s1. The number of fused-ring (bicyclic) bond motifs is 5. The lowest BCUT2D eigenvalue weighted by Gasteiger charge is -2.51. The van der Waals surface area contributed by atoms with Gasteiger partial charge in [-0.25, -0.2) is 4.79 Å². The number of hydrogen-bond donors (Lipinski definition) is 6. The molecule has 1 fully saturated rings. The number of esters is 1. The molecule has 0 spiro atoms. The first-order chi connectivity index (χ1) is 33.8. The molecule has 11 atom stereocenters. The molecule has 1 saturated carbocycles. The number of allylic oxidation sites excluding steroid dienone is 1. The monoisotopic (exact) mass is 1050 g/mol. The Bertz CT molecular complexity index is 2930. The van der Waals surface area contributed by atoms with Gasteiger partial charge in [-0.2, -0.15) is 0 Å². The van der Waals surface area contributed by atoms with Crippen molar-refractivity contribution in [3.8, 4) is 23.1 Å². The smallest absolute Gasteiger partial charge is 0.349 e. The van der Waals surface area contributed by atoms with Gasteiger partial charge in [0.25, 0.3) is 11.8 Å². The van der Waals surface area contributed by atoms with Crippen molar-refractivity contribution in [1.82, 2.24) is 15.0 Å². The second kappa shape index (κ2) is 20.9. The third-order valence-electron chi connectivity index (χ3n) is 12.9. The van der Waals surface area contributed by atoms with Crippen LogP contribution in [0.5, 0.6) is 23.1 Å². The third kappa shape index (κ3) is 8.78. The molecule has 5 aliphatic rings. The lowest BCUT2D eigenvalue weighted by Crippen LogP contribution is -2.67. The van der Waals surface area contributed by atoms with Crippen LogP contribution >= 0.6 is 37.9 Å². The van der Waals surface area contributed by atoms with Gasteiger partial charge in [-0.05, 0) is 88.7 Å². The topological polar surface area (TPSA) is 306 Å². The molecule has 25 heteroatoms. The molecule has 1 aromatic heterocycles. The second-order valence-corrected chi connectivity index (χ2v) is 18.1. The highest BCUT2D eigenvalue weighted by atomic mass is 31.0. The van der Waals surface area contributed by atoms with Crippen LogP contribution in [0.4, 0.5) is 11.4 Å². The number of ketones is 4. The van der Waals surface area contributed by atoms with Crippen LogP contribution in [-0.2, 0) is 28.2 Å². The molecule has 0 saturated heterocycles. The number of para-hydroxylation sites is 1. The van der Waals surface area contributed by atoms with Crippen LogP contribution in [0, 0.1) is 11.8 Å². The van der Waals surface area contributed by atoms with Crippen LogP contribution in [0.1, 0.15) is 50.9 Å². The molecule has 0 bridgehead atoms. The fraction of sp³-hybridized carbons (Fsp3) is 0.283. The number of aliphatic hydroxyl groups is 2. The summed E-state index contributed by atoms with van der Waals surface area (Å²) in [5.41, 5.74) is 7.70. The number of hydrogen-bond acceptors (Lipinski definition) is 20. The third-order valence-corrected chi connectivity index (χ3v) is 14.1. The molecule has 374 valence electrons. The van der Waals surface area contributed by atoms with E-state index in [0.717, 1.165) is 0 Å². The van der Waals surface area contributed by atoms with Gasteiger partial charge < -0.3 is 59.5 Å². The van der Waals surface area contributed by atoms with Crippen LogP contribution in [0.25, 0.3) is 5.76 Å². The van der Waals surface area contributed by atoms with Crippen molar-refractivity contribution in [3.05, 3.63) is 118 Å². The Labute approximate surface area is 415 Å². The van der Waals surface area contributed by atoms with Gasteiger partial charge in [-0.15, -0.1) is 0 Å². The number of phenolic OH excluding ortho intramolecular Hbond substituents is 1. The van der Waals surface area contributed by atoms with Crippen molar-refractivity contribution in [3.63, 3.8) is 0 Å². The van der Waals surface area contributed by atoms with E-state index >= 15 is 0 Å². The molecular formula is C46H50N6O15P4. The summed E-state index contributed by atoms with van der Waals surface area (Å²) >= 11 is 0. The minimum absolute atomic E-state index is 0.0362. The summed E-state index contributed by atoms with van der Waals surface area (Å²) in [6.07, 6.45) is 3.77. The molecule has 71 heavy (non-hydrogen) atoms. The zero-order chi connectivity index (χ0) is 51.9. The number of carbonyl (C=O) groups excluding carboxylic acids is 6. The van der Waals surface area contributed by atoms with E-state index in [0.29, 0.717) is 35.1 Å². The van der Waals surface area contributed by atoms with Gasteiger partial charge >= 0.3 is 5.97 Å². The summed E-state index contributed by atoms with van der Waals surface area (Å²) in [4.78, 5) is 79.9. The van der Waals surface area contributed by atoms with Crippen LogP contribution in [-0.4, -0.2) is 117 Å². The molecule has 9 rings (SSSR count). The van der Waals surface area contributed by atoms with E-state index < -0.39 is 81.4 Å². The maximum atomic E-state index is 13.8. The number of aromatic nitrogens is 1. The zero-order valence-electron chi connectivity index (χ0n) is 38.4. The lowest BCUT2D eigenvalue weighted by molar-refractivity contribution is -0.146. The van der Waals surface area contributed by atoms with Crippen molar-refractivity contribution in [1.29, 1.82) is 0 Å². The molecule has 4 unspecified atom stereocenters. The van der Waals surface area contributed by atoms with Gasteiger partial charge in [0.15, 0.2) is 22.9 Å². The number of benzene rings is 3. The molecule has 21 nitrogen and oxygen atoms in total. The molecule has 4 aromatic rings. The second-order valence-electron chi connectivity index (χ2n) is 17.1. The number of aliphatic hydroxyl groups excluding tert-OH is 2. The molecule has 8 N–H and O–H groups in total. The molecule has 1 amide bonds. The van der Waals surface area contributed by atoms with Crippen LogP contribution in [0.3, 0.4) is 0 Å². The van der Waals surface area contributed by atoms with E-state index in [-0.39, 0.29) is 52.1 Å². The Balaban J connectivity index is 0.000000163. The van der Waals surface area contributed by atoms with Crippen molar-refractivity contribution >= 4 is 90.0 Å². The number of rotatable bonds is 9. The Hall–Kier alpha value is -6.13. The van der Waals surface area contributed by atoms with Gasteiger partial charge in [0.05, 0.1) is 48.2 Å². The first-order valence-corrected chi connectivity index (χ1v) is 23.2. The Morgan fingerprint density at radius 1 is 0.817 bits per heavy atom. The number of Topliss-reactive ketones (excluding diaryl/α,β-unsaturated/α-hetero) is 3. The summed E-state index contributed by atoms with van der Waals surface area (Å²) in [7, 11) is 15.0. The number of phenols is 1. The van der Waals surface area contributed by atoms with Crippen LogP contribution < -0.4 is 30.6 Å². The Morgan fingerprint density at radius 3 is 2.08 bits per heavy atom. The summed E-state index contributed by atoms with van der Waals surface area (Å²) in [6.45, 7) is 0. The highest BCUT2D eigenvalue weighted by molar-refractivity contribution is 7.10.